The predicted octanol–water partition coefficient (Wildman–Crippen LogP) is -0.337. The van der Waals surface area contributed by atoms with Crippen molar-refractivity contribution >= 4 is 11.7 Å². The molecule has 0 radical (unpaired) electrons. The maximum atomic E-state index is 11.4. The Hall–Kier alpha value is -2.23. The quantitative estimate of drug-likeness (QED) is 0.615. The van der Waals surface area contributed by atoms with Crippen LogP contribution in [0, 0.1) is 11.3 Å². The van der Waals surface area contributed by atoms with E-state index in [0.29, 0.717) is 5.56 Å². The maximum Gasteiger partial charge on any atom is 0.249 e. The van der Waals surface area contributed by atoms with Gasteiger partial charge in [-0.1, -0.05) is 24.3 Å². The number of benzene rings is 1. The minimum atomic E-state index is -1.70. The number of primary amides is 1. The van der Waals surface area contributed by atoms with Crippen molar-refractivity contribution in [2.45, 2.75) is 18.6 Å². The second kappa shape index (κ2) is 5.91. The Bertz CT molecular complexity index is 490. The molecule has 0 aromatic heterocycles. The van der Waals surface area contributed by atoms with Gasteiger partial charge in [0.1, 0.15) is 6.10 Å². The lowest BCUT2D eigenvalue weighted by Crippen LogP contribution is -2.33. The molecule has 1 aromatic rings. The number of ketones is 1. The van der Waals surface area contributed by atoms with Crippen LogP contribution in [0.25, 0.3) is 0 Å². The van der Waals surface area contributed by atoms with Gasteiger partial charge in [0.2, 0.25) is 5.91 Å². The number of nitrogens with zero attached hydrogens (tertiary/aromatic N) is 1. The standard InChI is InChI=1S/C12H12N2O4/c13-6-5-9(15)7-1-3-8(4-2-7)10(16)11(17)12(14)18/h1-4,10-11,16-17H,5H2,(H2,14,18). The van der Waals surface area contributed by atoms with Crippen molar-refractivity contribution in [3.63, 3.8) is 0 Å². The second-order valence-corrected chi connectivity index (χ2v) is 3.67. The molecule has 0 bridgehead atoms. The van der Waals surface area contributed by atoms with Crippen LogP contribution in [0.1, 0.15) is 28.4 Å². The van der Waals surface area contributed by atoms with Crippen LogP contribution in [0.4, 0.5) is 0 Å². The molecule has 1 aromatic carbocycles. The van der Waals surface area contributed by atoms with Crippen molar-refractivity contribution in [2.75, 3.05) is 0 Å². The Balaban J connectivity index is 2.86. The fourth-order valence-corrected chi connectivity index (χ4v) is 1.38. The van der Waals surface area contributed by atoms with Crippen LogP contribution in [-0.4, -0.2) is 28.0 Å². The number of hydrogen-bond donors (Lipinski definition) is 3. The van der Waals surface area contributed by atoms with Crippen molar-refractivity contribution in [1.29, 1.82) is 5.26 Å². The molecule has 2 atom stereocenters. The summed E-state index contributed by atoms with van der Waals surface area (Å²) in [7, 11) is 0. The van der Waals surface area contributed by atoms with Gasteiger partial charge in [-0.3, -0.25) is 9.59 Å². The SMILES string of the molecule is N#CCC(=O)c1ccc(C(O)C(O)C(N)=O)cc1. The second-order valence-electron chi connectivity index (χ2n) is 3.67. The summed E-state index contributed by atoms with van der Waals surface area (Å²) in [6, 6.07) is 7.33. The molecule has 0 aliphatic rings. The Morgan fingerprint density at radius 3 is 2.28 bits per heavy atom. The smallest absolute Gasteiger partial charge is 0.249 e. The minimum absolute atomic E-state index is 0.230. The molecule has 1 rings (SSSR count). The van der Waals surface area contributed by atoms with Crippen molar-refractivity contribution in [1.82, 2.24) is 0 Å². The van der Waals surface area contributed by atoms with Gasteiger partial charge >= 0.3 is 0 Å². The highest BCUT2D eigenvalue weighted by Crippen LogP contribution is 2.18. The number of carbonyl (C=O) groups is 2. The van der Waals surface area contributed by atoms with E-state index in [4.69, 9.17) is 11.0 Å². The van der Waals surface area contributed by atoms with Crippen LogP contribution in [0.15, 0.2) is 24.3 Å². The summed E-state index contributed by atoms with van der Waals surface area (Å²) in [5, 5.41) is 27.3. The highest BCUT2D eigenvalue weighted by Gasteiger charge is 2.23. The average Bonchev–Trinajstić information content (AvgIpc) is 2.37. The number of Topliss-reactive ketones (excluding diaryl/α,β-unsaturated/α-hetero) is 1. The molecule has 18 heavy (non-hydrogen) atoms. The van der Waals surface area contributed by atoms with E-state index in [9.17, 15) is 19.8 Å². The lowest BCUT2D eigenvalue weighted by molar-refractivity contribution is -0.131. The van der Waals surface area contributed by atoms with Gasteiger partial charge in [0.25, 0.3) is 0 Å². The summed E-state index contributed by atoms with van der Waals surface area (Å²) >= 11 is 0. The number of nitrogens with two attached hydrogens (primary N) is 1. The fraction of sp³-hybridized carbons (Fsp3) is 0.250. The number of aliphatic hydroxyl groups is 2. The highest BCUT2D eigenvalue weighted by molar-refractivity contribution is 5.97. The third-order valence-electron chi connectivity index (χ3n) is 2.40. The molecule has 4 N–H and O–H groups in total. The first-order valence-electron chi connectivity index (χ1n) is 5.13. The molecule has 0 aliphatic carbocycles. The zero-order chi connectivity index (χ0) is 13.7. The third kappa shape index (κ3) is 3.13. The summed E-state index contributed by atoms with van der Waals surface area (Å²) < 4.78 is 0. The van der Waals surface area contributed by atoms with Crippen molar-refractivity contribution in [3.05, 3.63) is 35.4 Å². The van der Waals surface area contributed by atoms with Crippen LogP contribution < -0.4 is 5.73 Å². The lowest BCUT2D eigenvalue weighted by Gasteiger charge is -2.15. The lowest BCUT2D eigenvalue weighted by atomic mass is 10.0. The normalized spacial score (nSPS) is 13.4. The third-order valence-corrected chi connectivity index (χ3v) is 2.40. The average molecular weight is 248 g/mol. The van der Waals surface area contributed by atoms with Crippen molar-refractivity contribution in [2.24, 2.45) is 5.73 Å². The van der Waals surface area contributed by atoms with Crippen molar-refractivity contribution in [3.8, 4) is 6.07 Å². The van der Waals surface area contributed by atoms with Gasteiger partial charge in [-0.2, -0.15) is 5.26 Å². The number of amides is 1. The summed E-state index contributed by atoms with van der Waals surface area (Å²) in [5.74, 6) is -1.37. The first-order valence-corrected chi connectivity index (χ1v) is 5.13. The van der Waals surface area contributed by atoms with Gasteiger partial charge in [0, 0.05) is 5.56 Å². The van der Waals surface area contributed by atoms with Gasteiger partial charge in [0.05, 0.1) is 12.5 Å². The summed E-state index contributed by atoms with van der Waals surface area (Å²) in [6.07, 6.45) is -3.38. The number of carbonyl (C=O) groups excluding carboxylic acids is 2. The van der Waals surface area contributed by atoms with Gasteiger partial charge in [-0.15, -0.1) is 0 Å². The number of aliphatic hydroxyl groups excluding tert-OH is 2. The first kappa shape index (κ1) is 13.8. The molecular formula is C12H12N2O4. The van der Waals surface area contributed by atoms with Crippen LogP contribution in [-0.2, 0) is 4.79 Å². The van der Waals surface area contributed by atoms with Crippen LogP contribution in [0.2, 0.25) is 0 Å². The molecule has 0 spiro atoms. The molecule has 0 fully saturated rings. The van der Waals surface area contributed by atoms with Crippen LogP contribution in [0.5, 0.6) is 0 Å². The van der Waals surface area contributed by atoms with E-state index >= 15 is 0 Å². The number of hydrogen-bond acceptors (Lipinski definition) is 5. The van der Waals surface area contributed by atoms with E-state index < -0.39 is 18.1 Å². The van der Waals surface area contributed by atoms with Crippen LogP contribution in [0.3, 0.4) is 0 Å². The van der Waals surface area contributed by atoms with E-state index in [1.807, 2.05) is 0 Å². The molecule has 1 amide bonds. The van der Waals surface area contributed by atoms with E-state index in [1.165, 1.54) is 24.3 Å². The molecular weight excluding hydrogens is 236 g/mol. The van der Waals surface area contributed by atoms with E-state index in [-0.39, 0.29) is 17.8 Å². The highest BCUT2D eigenvalue weighted by atomic mass is 16.3. The molecule has 2 unspecified atom stereocenters. The topological polar surface area (TPSA) is 124 Å². The Morgan fingerprint density at radius 1 is 1.28 bits per heavy atom. The molecule has 0 saturated carbocycles. The van der Waals surface area contributed by atoms with Gasteiger partial charge in [-0.25, -0.2) is 0 Å². The number of nitriles is 1. The fourth-order valence-electron chi connectivity index (χ4n) is 1.38. The molecule has 6 nitrogen and oxygen atoms in total. The summed E-state index contributed by atoms with van der Waals surface area (Å²) in [5.41, 5.74) is 5.43. The van der Waals surface area contributed by atoms with E-state index in [1.54, 1.807) is 6.07 Å². The Labute approximate surface area is 103 Å². The van der Waals surface area contributed by atoms with Crippen molar-refractivity contribution < 1.29 is 19.8 Å². The molecule has 0 aliphatic heterocycles. The number of rotatable bonds is 5. The zero-order valence-electron chi connectivity index (χ0n) is 9.41. The van der Waals surface area contributed by atoms with Gasteiger partial charge < -0.3 is 15.9 Å². The first-order chi connectivity index (χ1) is 8.47. The summed E-state index contributed by atoms with van der Waals surface area (Å²) in [6.45, 7) is 0. The monoisotopic (exact) mass is 248 g/mol. The van der Waals surface area contributed by atoms with Crippen LogP contribution >= 0.6 is 0 Å². The van der Waals surface area contributed by atoms with E-state index in [0.717, 1.165) is 0 Å². The Kier molecular flexibility index (Phi) is 4.54. The predicted molar refractivity (Wildman–Crippen MR) is 61.2 cm³/mol. The maximum absolute atomic E-state index is 11.4. The molecule has 0 saturated heterocycles. The Morgan fingerprint density at radius 2 is 1.83 bits per heavy atom. The van der Waals surface area contributed by atoms with Gasteiger partial charge in [-0.05, 0) is 5.56 Å². The molecule has 6 heteroatoms. The minimum Gasteiger partial charge on any atom is -0.385 e. The molecule has 94 valence electrons. The summed E-state index contributed by atoms with van der Waals surface area (Å²) in [4.78, 5) is 22.1. The van der Waals surface area contributed by atoms with Gasteiger partial charge in [0.15, 0.2) is 11.9 Å². The largest absolute Gasteiger partial charge is 0.385 e. The van der Waals surface area contributed by atoms with E-state index in [2.05, 4.69) is 0 Å². The molecule has 0 heterocycles. The zero-order valence-corrected chi connectivity index (χ0v) is 9.41.